The molecule has 0 unspecified atom stereocenters. The van der Waals surface area contributed by atoms with Gasteiger partial charge in [0.15, 0.2) is 0 Å². The molecule has 0 aliphatic carbocycles. The van der Waals surface area contributed by atoms with Crippen molar-refractivity contribution < 1.29 is 0 Å². The molecular formula is C29H28Si. The van der Waals surface area contributed by atoms with Gasteiger partial charge in [0.2, 0.25) is 0 Å². The minimum Gasteiger partial charge on any atom is -0.104 e. The van der Waals surface area contributed by atoms with Crippen LogP contribution in [0.3, 0.4) is 0 Å². The first kappa shape index (κ1) is 21.4. The van der Waals surface area contributed by atoms with Gasteiger partial charge in [0.1, 0.15) is 0 Å². The summed E-state index contributed by atoms with van der Waals surface area (Å²) >= 11 is 0. The summed E-state index contributed by atoms with van der Waals surface area (Å²) in [5.41, 5.74) is 10.8. The average Bonchev–Trinajstić information content (AvgIpc) is 2.75. The second-order valence-electron chi connectivity index (χ2n) is 8.32. The highest BCUT2D eigenvalue weighted by Crippen LogP contribution is 2.36. The van der Waals surface area contributed by atoms with E-state index in [9.17, 15) is 0 Å². The number of allylic oxidation sites excluding steroid dienone is 1. The van der Waals surface area contributed by atoms with Crippen LogP contribution in [0, 0.1) is 22.9 Å². The molecule has 0 saturated carbocycles. The Kier molecular flexibility index (Phi) is 6.78. The highest BCUT2D eigenvalue weighted by Gasteiger charge is 2.45. The van der Waals surface area contributed by atoms with Gasteiger partial charge in [-0.25, -0.2) is 0 Å². The standard InChI is InChI=1S/C29H28Si/c1-5-14-27-19-12-13-20-28(27)30(29(2,3)4,23-21-25-15-8-6-9-16-25)24-22-26-17-10-7-11-18-26/h5-20H,1-4H3/b14-5-. The number of benzene rings is 3. The molecule has 0 saturated heterocycles. The summed E-state index contributed by atoms with van der Waals surface area (Å²) in [7, 11) is -2.59. The molecule has 148 valence electrons. The monoisotopic (exact) mass is 404 g/mol. The largest absolute Gasteiger partial charge is 0.252 e. The van der Waals surface area contributed by atoms with Crippen molar-refractivity contribution in [2.45, 2.75) is 32.7 Å². The molecule has 3 rings (SSSR count). The summed E-state index contributed by atoms with van der Waals surface area (Å²) in [4.78, 5) is 0. The van der Waals surface area contributed by atoms with Crippen LogP contribution in [0.1, 0.15) is 44.4 Å². The van der Waals surface area contributed by atoms with E-state index < -0.39 is 8.07 Å². The summed E-state index contributed by atoms with van der Waals surface area (Å²) in [6.45, 7) is 8.91. The molecule has 3 aromatic rings. The number of hydrogen-bond acceptors (Lipinski definition) is 0. The fraction of sp³-hybridized carbons (Fsp3) is 0.172. The summed E-state index contributed by atoms with van der Waals surface area (Å²) in [5, 5.41) is 1.20. The van der Waals surface area contributed by atoms with Gasteiger partial charge in [-0.3, -0.25) is 0 Å². The Hall–Kier alpha value is -3.26. The zero-order valence-electron chi connectivity index (χ0n) is 18.2. The van der Waals surface area contributed by atoms with Crippen molar-refractivity contribution in [3.63, 3.8) is 0 Å². The van der Waals surface area contributed by atoms with Crippen LogP contribution in [0.2, 0.25) is 5.04 Å². The molecule has 0 spiro atoms. The van der Waals surface area contributed by atoms with Crippen molar-refractivity contribution in [3.05, 3.63) is 108 Å². The minimum atomic E-state index is -2.59. The molecule has 0 heterocycles. The second kappa shape index (κ2) is 9.49. The fourth-order valence-electron chi connectivity index (χ4n) is 3.48. The van der Waals surface area contributed by atoms with E-state index in [1.54, 1.807) is 0 Å². The minimum absolute atomic E-state index is 0.0752. The Morgan fingerprint density at radius 3 is 1.60 bits per heavy atom. The molecule has 0 amide bonds. The lowest BCUT2D eigenvalue weighted by molar-refractivity contribution is 0.741. The molecule has 0 atom stereocenters. The molecule has 0 aliphatic heterocycles. The maximum Gasteiger partial charge on any atom is 0.252 e. The first-order chi connectivity index (χ1) is 14.5. The summed E-state index contributed by atoms with van der Waals surface area (Å²) in [6, 6.07) is 29.1. The molecular weight excluding hydrogens is 376 g/mol. The van der Waals surface area contributed by atoms with E-state index in [2.05, 4.69) is 111 Å². The fourth-order valence-corrected chi connectivity index (χ4v) is 6.98. The topological polar surface area (TPSA) is 0 Å². The van der Waals surface area contributed by atoms with Crippen LogP contribution in [0.15, 0.2) is 91.0 Å². The first-order valence-corrected chi connectivity index (χ1v) is 12.3. The Labute approximate surface area is 182 Å². The normalized spacial score (nSPS) is 11.3. The van der Waals surface area contributed by atoms with Gasteiger partial charge in [-0.2, -0.15) is 0 Å². The van der Waals surface area contributed by atoms with E-state index in [1.165, 1.54) is 10.8 Å². The van der Waals surface area contributed by atoms with Crippen molar-refractivity contribution in [1.29, 1.82) is 0 Å². The molecule has 1 heteroatoms. The SMILES string of the molecule is C/C=C\c1ccccc1[Si](C#Cc1ccccc1)(C#Cc1ccccc1)C(C)(C)C. The molecule has 3 aromatic carbocycles. The zero-order valence-corrected chi connectivity index (χ0v) is 19.2. The second-order valence-corrected chi connectivity index (χ2v) is 12.4. The Morgan fingerprint density at radius 1 is 0.667 bits per heavy atom. The van der Waals surface area contributed by atoms with Crippen molar-refractivity contribution in [2.75, 3.05) is 0 Å². The molecule has 0 bridgehead atoms. The van der Waals surface area contributed by atoms with E-state index in [1.807, 2.05) is 36.4 Å². The van der Waals surface area contributed by atoms with E-state index in [-0.39, 0.29) is 5.04 Å². The molecule has 0 radical (unpaired) electrons. The Morgan fingerprint density at radius 2 is 1.13 bits per heavy atom. The lowest BCUT2D eigenvalue weighted by Crippen LogP contribution is -2.54. The van der Waals surface area contributed by atoms with Gasteiger partial charge < -0.3 is 0 Å². The third-order valence-electron chi connectivity index (χ3n) is 5.17. The Bertz CT molecular complexity index is 1070. The predicted molar refractivity (Wildman–Crippen MR) is 133 cm³/mol. The van der Waals surface area contributed by atoms with Gasteiger partial charge in [-0.1, -0.05) is 105 Å². The maximum absolute atomic E-state index is 3.76. The van der Waals surface area contributed by atoms with E-state index in [0.717, 1.165) is 11.1 Å². The summed E-state index contributed by atoms with van der Waals surface area (Å²) < 4.78 is 0. The number of hydrogen-bond donors (Lipinski definition) is 0. The summed E-state index contributed by atoms with van der Waals surface area (Å²) in [6.07, 6.45) is 4.27. The van der Waals surface area contributed by atoms with Gasteiger partial charge >= 0.3 is 0 Å². The first-order valence-electron chi connectivity index (χ1n) is 10.3. The molecule has 0 N–H and O–H groups in total. The lowest BCUT2D eigenvalue weighted by Gasteiger charge is -2.35. The van der Waals surface area contributed by atoms with Crippen LogP contribution < -0.4 is 5.19 Å². The third-order valence-corrected chi connectivity index (χ3v) is 9.69. The summed E-state index contributed by atoms with van der Waals surface area (Å²) in [5.74, 6) is 6.96. The van der Waals surface area contributed by atoms with Crippen LogP contribution >= 0.6 is 0 Å². The Balaban J connectivity index is 2.31. The third kappa shape index (κ3) is 4.83. The van der Waals surface area contributed by atoms with Crippen LogP contribution in [0.4, 0.5) is 0 Å². The smallest absolute Gasteiger partial charge is 0.104 e. The maximum atomic E-state index is 3.76. The molecule has 0 nitrogen and oxygen atoms in total. The molecule has 30 heavy (non-hydrogen) atoms. The van der Waals surface area contributed by atoms with Gasteiger partial charge in [0, 0.05) is 11.1 Å². The van der Waals surface area contributed by atoms with Crippen LogP contribution in [0.5, 0.6) is 0 Å². The predicted octanol–water partition coefficient (Wildman–Crippen LogP) is 6.36. The molecule has 0 aromatic heterocycles. The van der Waals surface area contributed by atoms with Gasteiger partial charge in [-0.05, 0) is 47.0 Å². The van der Waals surface area contributed by atoms with E-state index in [4.69, 9.17) is 0 Å². The van der Waals surface area contributed by atoms with Gasteiger partial charge in [0.25, 0.3) is 8.07 Å². The van der Waals surface area contributed by atoms with Gasteiger partial charge in [0.05, 0.1) is 0 Å². The van der Waals surface area contributed by atoms with Crippen molar-refractivity contribution in [1.82, 2.24) is 0 Å². The van der Waals surface area contributed by atoms with Gasteiger partial charge in [-0.15, -0.1) is 11.1 Å². The lowest BCUT2D eigenvalue weighted by atomic mass is 10.2. The number of rotatable bonds is 2. The van der Waals surface area contributed by atoms with Crippen molar-refractivity contribution >= 4 is 19.3 Å². The van der Waals surface area contributed by atoms with Crippen LogP contribution in [-0.4, -0.2) is 8.07 Å². The quantitative estimate of drug-likeness (QED) is 0.344. The van der Waals surface area contributed by atoms with Crippen LogP contribution in [-0.2, 0) is 0 Å². The highest BCUT2D eigenvalue weighted by molar-refractivity contribution is 7.06. The van der Waals surface area contributed by atoms with Crippen molar-refractivity contribution in [2.24, 2.45) is 0 Å². The zero-order chi connectivity index (χ0) is 21.5. The van der Waals surface area contributed by atoms with E-state index >= 15 is 0 Å². The average molecular weight is 405 g/mol. The van der Waals surface area contributed by atoms with E-state index in [0.29, 0.717) is 0 Å². The van der Waals surface area contributed by atoms with Crippen LogP contribution in [0.25, 0.3) is 6.08 Å². The van der Waals surface area contributed by atoms with Crippen molar-refractivity contribution in [3.8, 4) is 22.9 Å². The molecule has 0 aliphatic rings. The molecule has 0 fully saturated rings. The highest BCUT2D eigenvalue weighted by atomic mass is 28.3.